The number of aryl methyl sites for hydroxylation is 2. The second-order valence-electron chi connectivity index (χ2n) is 9.58. The van der Waals surface area contributed by atoms with Gasteiger partial charge in [-0.05, 0) is 75.1 Å². The Balaban J connectivity index is 1.17. The molecule has 7 heteroatoms. The zero-order chi connectivity index (χ0) is 21.8. The number of hydrogen-bond donors (Lipinski definition) is 2. The number of carbonyl (C=O) groups is 1. The zero-order valence-electron chi connectivity index (χ0n) is 18.4. The first-order chi connectivity index (χ1) is 15.6. The molecule has 0 spiro atoms. The molecule has 3 aliphatic rings. The summed E-state index contributed by atoms with van der Waals surface area (Å²) in [4.78, 5) is 26.5. The summed E-state index contributed by atoms with van der Waals surface area (Å²) in [6.45, 7) is 3.09. The van der Waals surface area contributed by atoms with Gasteiger partial charge < -0.3 is 16.0 Å². The number of anilines is 2. The number of nitrogens with two attached hydrogens (primary N) is 1. The fourth-order valence-corrected chi connectivity index (χ4v) is 6.95. The monoisotopic (exact) mass is 447 g/mol. The highest BCUT2D eigenvalue weighted by atomic mass is 32.1. The Morgan fingerprint density at radius 2 is 2.06 bits per heavy atom. The predicted molar refractivity (Wildman–Crippen MR) is 129 cm³/mol. The number of nitrogens with zero attached hydrogens (tertiary/aromatic N) is 3. The summed E-state index contributed by atoms with van der Waals surface area (Å²) in [7, 11) is 0. The maximum Gasteiger partial charge on any atom is 0.263 e. The number of nitrogen functional groups attached to an aromatic ring is 1. The van der Waals surface area contributed by atoms with Crippen LogP contribution in [0.2, 0.25) is 0 Å². The van der Waals surface area contributed by atoms with E-state index in [0.717, 1.165) is 53.5 Å². The van der Waals surface area contributed by atoms with E-state index in [1.807, 2.05) is 19.1 Å². The molecule has 166 valence electrons. The van der Waals surface area contributed by atoms with Gasteiger partial charge >= 0.3 is 0 Å². The highest BCUT2D eigenvalue weighted by molar-refractivity contribution is 7.21. The summed E-state index contributed by atoms with van der Waals surface area (Å²) in [6.07, 6.45) is 8.00. The van der Waals surface area contributed by atoms with Crippen molar-refractivity contribution in [2.75, 3.05) is 17.2 Å². The normalized spacial score (nSPS) is 24.5. The smallest absolute Gasteiger partial charge is 0.263 e. The van der Waals surface area contributed by atoms with Crippen LogP contribution in [0.4, 0.5) is 11.5 Å². The lowest BCUT2D eigenvalue weighted by molar-refractivity contribution is 0.0938. The maximum atomic E-state index is 13.0. The van der Waals surface area contributed by atoms with Crippen molar-refractivity contribution in [2.24, 2.45) is 5.92 Å². The van der Waals surface area contributed by atoms with Crippen LogP contribution in [-0.4, -0.2) is 34.5 Å². The molecule has 6 rings (SSSR count). The summed E-state index contributed by atoms with van der Waals surface area (Å²) in [5.41, 5.74) is 10.2. The highest BCUT2D eigenvalue weighted by Gasteiger charge is 2.38. The number of hydrogen-bond acceptors (Lipinski definition) is 6. The molecule has 6 nitrogen and oxygen atoms in total. The van der Waals surface area contributed by atoms with Gasteiger partial charge in [-0.25, -0.2) is 9.97 Å². The molecule has 3 aromatic heterocycles. The van der Waals surface area contributed by atoms with Gasteiger partial charge in [-0.15, -0.1) is 11.3 Å². The van der Waals surface area contributed by atoms with E-state index in [1.54, 1.807) is 0 Å². The molecule has 0 bridgehead atoms. The van der Waals surface area contributed by atoms with Crippen molar-refractivity contribution in [1.82, 2.24) is 15.3 Å². The predicted octanol–water partition coefficient (Wildman–Crippen LogP) is 4.25. The molecular formula is C25H29N5OS. The minimum Gasteiger partial charge on any atom is -0.397 e. The number of rotatable bonds is 3. The molecule has 0 unspecified atom stereocenters. The van der Waals surface area contributed by atoms with Crippen molar-refractivity contribution in [3.63, 3.8) is 0 Å². The van der Waals surface area contributed by atoms with Crippen LogP contribution >= 0.6 is 11.3 Å². The lowest BCUT2D eigenvalue weighted by Gasteiger charge is -2.29. The number of fused-ring (bicyclic) bond motifs is 3. The van der Waals surface area contributed by atoms with E-state index in [0.29, 0.717) is 16.6 Å². The number of pyridine rings is 2. The molecule has 1 amide bonds. The van der Waals surface area contributed by atoms with Crippen molar-refractivity contribution in [2.45, 2.75) is 64.0 Å². The average molecular weight is 448 g/mol. The zero-order valence-corrected chi connectivity index (χ0v) is 19.3. The van der Waals surface area contributed by atoms with E-state index in [9.17, 15) is 4.79 Å². The van der Waals surface area contributed by atoms with Gasteiger partial charge in [0.2, 0.25) is 0 Å². The third-order valence-corrected chi connectivity index (χ3v) is 8.69. The summed E-state index contributed by atoms with van der Waals surface area (Å²) in [5, 5.41) is 4.08. The van der Waals surface area contributed by atoms with Gasteiger partial charge in [0.15, 0.2) is 0 Å². The van der Waals surface area contributed by atoms with Crippen LogP contribution in [0.5, 0.6) is 0 Å². The molecule has 0 aromatic carbocycles. The minimum atomic E-state index is -0.0921. The van der Waals surface area contributed by atoms with Gasteiger partial charge in [-0.2, -0.15) is 0 Å². The number of thiophene rings is 1. The van der Waals surface area contributed by atoms with E-state index in [4.69, 9.17) is 10.7 Å². The van der Waals surface area contributed by atoms with Gasteiger partial charge in [-0.1, -0.05) is 12.5 Å². The van der Waals surface area contributed by atoms with Crippen molar-refractivity contribution in [1.29, 1.82) is 0 Å². The Labute approximate surface area is 192 Å². The van der Waals surface area contributed by atoms with Crippen LogP contribution in [0.15, 0.2) is 24.3 Å². The second-order valence-corrected chi connectivity index (χ2v) is 10.6. The van der Waals surface area contributed by atoms with Crippen molar-refractivity contribution in [3.8, 4) is 0 Å². The molecule has 3 atom stereocenters. The van der Waals surface area contributed by atoms with Crippen molar-refractivity contribution >= 4 is 39.0 Å². The molecule has 2 fully saturated rings. The Bertz CT molecular complexity index is 1200. The van der Waals surface area contributed by atoms with Gasteiger partial charge in [-0.3, -0.25) is 4.79 Å². The second kappa shape index (κ2) is 7.73. The van der Waals surface area contributed by atoms with Crippen LogP contribution in [0, 0.1) is 12.8 Å². The first-order valence-corrected chi connectivity index (χ1v) is 12.6. The Morgan fingerprint density at radius 1 is 1.16 bits per heavy atom. The largest absolute Gasteiger partial charge is 0.397 e. The Hall–Kier alpha value is -2.67. The molecule has 32 heavy (non-hydrogen) atoms. The fraction of sp³-hybridized carbons (Fsp3) is 0.480. The SMILES string of the molecule is Cc1ccc2c(N)c(C(=O)N[C@H]3CCc4nc(N5CC[C@@H]6CCC[C@@H]65)ccc4C3)sc2n1. The van der Waals surface area contributed by atoms with Crippen LogP contribution in [0.25, 0.3) is 10.2 Å². The molecule has 3 N–H and O–H groups in total. The number of nitrogens with one attached hydrogen (secondary N) is 1. The number of amides is 1. The lowest BCUT2D eigenvalue weighted by Crippen LogP contribution is -2.39. The molecule has 1 saturated heterocycles. The van der Waals surface area contributed by atoms with Gasteiger partial charge in [0.1, 0.15) is 15.5 Å². The van der Waals surface area contributed by atoms with Gasteiger partial charge in [0, 0.05) is 35.4 Å². The van der Waals surface area contributed by atoms with Crippen LogP contribution in [-0.2, 0) is 12.8 Å². The topological polar surface area (TPSA) is 84.1 Å². The van der Waals surface area contributed by atoms with E-state index < -0.39 is 0 Å². The lowest BCUT2D eigenvalue weighted by atomic mass is 9.91. The molecule has 4 heterocycles. The summed E-state index contributed by atoms with van der Waals surface area (Å²) >= 11 is 1.38. The van der Waals surface area contributed by atoms with E-state index >= 15 is 0 Å². The van der Waals surface area contributed by atoms with E-state index in [-0.39, 0.29) is 11.9 Å². The van der Waals surface area contributed by atoms with Crippen LogP contribution in [0.1, 0.15) is 58.7 Å². The first-order valence-electron chi connectivity index (χ1n) is 11.8. The standard InChI is InChI=1S/C25H29N5OS/c1-14-5-8-18-22(26)23(32-25(18)27-14)24(31)28-17-7-9-19-16(13-17)6-10-21(29-19)30-12-11-15-3-2-4-20(15)30/h5-6,8,10,15,17,20H,2-4,7,9,11-13,26H2,1H3,(H,28,31)/t15-,17-,20-/m0/s1. The Morgan fingerprint density at radius 3 is 2.97 bits per heavy atom. The van der Waals surface area contributed by atoms with Crippen LogP contribution < -0.4 is 16.0 Å². The van der Waals surface area contributed by atoms with Crippen molar-refractivity contribution in [3.05, 3.63) is 46.1 Å². The highest BCUT2D eigenvalue weighted by Crippen LogP contribution is 2.40. The molecular weight excluding hydrogens is 418 g/mol. The molecule has 1 aliphatic heterocycles. The van der Waals surface area contributed by atoms with E-state index in [1.165, 1.54) is 48.3 Å². The molecule has 2 aliphatic carbocycles. The van der Waals surface area contributed by atoms with Crippen molar-refractivity contribution < 1.29 is 4.79 Å². The fourth-order valence-electron chi connectivity index (χ4n) is 5.91. The summed E-state index contributed by atoms with van der Waals surface area (Å²) in [5.74, 6) is 1.93. The maximum absolute atomic E-state index is 13.0. The third kappa shape index (κ3) is 3.34. The van der Waals surface area contributed by atoms with E-state index in [2.05, 4.69) is 27.3 Å². The Kier molecular flexibility index (Phi) is 4.82. The summed E-state index contributed by atoms with van der Waals surface area (Å²) < 4.78 is 0. The third-order valence-electron chi connectivity index (χ3n) is 7.58. The molecule has 1 saturated carbocycles. The minimum absolute atomic E-state index is 0.0921. The molecule has 0 radical (unpaired) electrons. The van der Waals surface area contributed by atoms with Crippen LogP contribution in [0.3, 0.4) is 0 Å². The first kappa shape index (κ1) is 20.0. The average Bonchev–Trinajstić information content (AvgIpc) is 3.48. The number of aromatic nitrogens is 2. The summed E-state index contributed by atoms with van der Waals surface area (Å²) in [6, 6.07) is 9.12. The van der Waals surface area contributed by atoms with Gasteiger partial charge in [0.25, 0.3) is 5.91 Å². The quantitative estimate of drug-likeness (QED) is 0.627. The number of carbonyl (C=O) groups excluding carboxylic acids is 1. The van der Waals surface area contributed by atoms with Gasteiger partial charge in [0.05, 0.1) is 5.69 Å². The molecule has 3 aromatic rings.